The van der Waals surface area contributed by atoms with Crippen LogP contribution in [0, 0.1) is 5.82 Å². The Labute approximate surface area is 223 Å². The summed E-state index contributed by atoms with van der Waals surface area (Å²) >= 11 is 7.82. The monoisotopic (exact) mass is 550 g/mol. The Kier molecular flexibility index (Phi) is 8.91. The Morgan fingerprint density at radius 1 is 1.27 bits per heavy atom. The maximum atomic E-state index is 13.9. The van der Waals surface area contributed by atoms with Crippen molar-refractivity contribution in [2.75, 3.05) is 32.8 Å². The van der Waals surface area contributed by atoms with Crippen molar-refractivity contribution >= 4 is 40.7 Å². The van der Waals surface area contributed by atoms with Crippen LogP contribution in [-0.2, 0) is 23.8 Å². The first-order valence-corrected chi connectivity index (χ1v) is 13.1. The van der Waals surface area contributed by atoms with Crippen LogP contribution in [0.15, 0.2) is 46.0 Å². The normalized spacial score (nSPS) is 19.3. The third-order valence-corrected chi connectivity index (χ3v) is 6.80. The predicted molar refractivity (Wildman–Crippen MR) is 137 cm³/mol. The lowest BCUT2D eigenvalue weighted by molar-refractivity contribution is -0.167. The molecule has 2 aliphatic rings. The van der Waals surface area contributed by atoms with Gasteiger partial charge in [-0.05, 0) is 32.9 Å². The Bertz CT molecular complexity index is 1200. The van der Waals surface area contributed by atoms with Crippen molar-refractivity contribution in [2.24, 2.45) is 4.99 Å². The number of carbonyl (C=O) groups excluding carboxylic acids is 2. The summed E-state index contributed by atoms with van der Waals surface area (Å²) in [7, 11) is 0. The number of thiazole rings is 1. The summed E-state index contributed by atoms with van der Waals surface area (Å²) in [6.45, 7) is 7.68. The molecular formula is C25H28ClFN4O5S. The van der Waals surface area contributed by atoms with Gasteiger partial charge in [-0.25, -0.2) is 19.0 Å². The van der Waals surface area contributed by atoms with Crippen LogP contribution in [0.3, 0.4) is 0 Å². The van der Waals surface area contributed by atoms with Crippen molar-refractivity contribution < 1.29 is 28.2 Å². The molecular weight excluding hydrogens is 523 g/mol. The Morgan fingerprint density at radius 2 is 2.03 bits per heavy atom. The van der Waals surface area contributed by atoms with Gasteiger partial charge in [-0.2, -0.15) is 0 Å². The molecule has 37 heavy (non-hydrogen) atoms. The molecule has 12 heteroatoms. The number of carbonyl (C=O) groups is 2. The lowest BCUT2D eigenvalue weighted by atomic mass is 9.95. The van der Waals surface area contributed by atoms with E-state index >= 15 is 0 Å². The predicted octanol–water partition coefficient (Wildman–Crippen LogP) is 3.50. The molecule has 0 radical (unpaired) electrons. The molecule has 0 amide bonds. The van der Waals surface area contributed by atoms with E-state index in [9.17, 15) is 14.0 Å². The van der Waals surface area contributed by atoms with Gasteiger partial charge < -0.3 is 19.5 Å². The third kappa shape index (κ3) is 6.72. The largest absolute Gasteiger partial charge is 0.460 e. The average molecular weight is 551 g/mol. The number of halogens is 2. The van der Waals surface area contributed by atoms with Crippen LogP contribution in [0.1, 0.15) is 37.4 Å². The van der Waals surface area contributed by atoms with Gasteiger partial charge in [0.15, 0.2) is 16.9 Å². The number of esters is 2. The van der Waals surface area contributed by atoms with E-state index in [-0.39, 0.29) is 16.7 Å². The molecule has 0 saturated carbocycles. The molecule has 2 aliphatic heterocycles. The number of hydrogen-bond donors (Lipinski definition) is 1. The minimum absolute atomic E-state index is 0.109. The zero-order valence-electron chi connectivity index (χ0n) is 20.7. The van der Waals surface area contributed by atoms with Crippen molar-refractivity contribution in [3.05, 3.63) is 62.5 Å². The standard InChI is InChI=1S/C25H28ClFN4O5S/c1-14(2)35-24(32)15(3)36-25(33)20-19(13-31-7-9-34-10-8-31)29-22(23-28-6-11-37-23)30-21(20)17-5-4-16(27)12-18(17)26/h4-6,11-12,14-15,21H,7-10,13H2,1-3H3,(H,29,30). The second-order valence-corrected chi connectivity index (χ2v) is 10.1. The number of nitrogens with one attached hydrogen (secondary N) is 1. The number of ether oxygens (including phenoxy) is 3. The zero-order chi connectivity index (χ0) is 26.5. The van der Waals surface area contributed by atoms with Gasteiger partial charge in [0.2, 0.25) is 0 Å². The number of rotatable bonds is 8. The SMILES string of the molecule is CC(C)OC(=O)C(C)OC(=O)C1=C(CN2CCOCC2)NC(c2nccs2)=NC1c1ccc(F)cc1Cl. The maximum absolute atomic E-state index is 13.9. The zero-order valence-corrected chi connectivity index (χ0v) is 22.3. The molecule has 2 atom stereocenters. The second kappa shape index (κ2) is 12.1. The van der Waals surface area contributed by atoms with E-state index in [4.69, 9.17) is 30.8 Å². The fourth-order valence-corrected chi connectivity index (χ4v) is 4.80. The molecule has 2 aromatic rings. The summed E-state index contributed by atoms with van der Waals surface area (Å²) in [4.78, 5) is 37.2. The summed E-state index contributed by atoms with van der Waals surface area (Å²) in [6, 6.07) is 3.00. The molecule has 1 saturated heterocycles. The van der Waals surface area contributed by atoms with Gasteiger partial charge in [0.05, 0.1) is 24.9 Å². The van der Waals surface area contributed by atoms with E-state index in [1.165, 1.54) is 36.5 Å². The lowest BCUT2D eigenvalue weighted by Crippen LogP contribution is -2.43. The highest BCUT2D eigenvalue weighted by molar-refractivity contribution is 7.11. The van der Waals surface area contributed by atoms with Crippen LogP contribution in [0.5, 0.6) is 0 Å². The summed E-state index contributed by atoms with van der Waals surface area (Å²) < 4.78 is 30.1. The molecule has 198 valence electrons. The molecule has 1 fully saturated rings. The number of morpholine rings is 1. The number of aliphatic imine (C=N–C) groups is 1. The van der Waals surface area contributed by atoms with Crippen LogP contribution < -0.4 is 5.32 Å². The number of aromatic nitrogens is 1. The summed E-state index contributed by atoms with van der Waals surface area (Å²) in [5.74, 6) is -1.48. The van der Waals surface area contributed by atoms with Crippen LogP contribution in [0.4, 0.5) is 4.39 Å². The van der Waals surface area contributed by atoms with Crippen LogP contribution >= 0.6 is 22.9 Å². The first-order valence-electron chi connectivity index (χ1n) is 11.9. The van der Waals surface area contributed by atoms with Crippen LogP contribution in [0.25, 0.3) is 0 Å². The first-order chi connectivity index (χ1) is 17.7. The third-order valence-electron chi connectivity index (χ3n) is 5.69. The van der Waals surface area contributed by atoms with E-state index in [0.29, 0.717) is 55.0 Å². The fourth-order valence-electron chi connectivity index (χ4n) is 3.94. The summed E-state index contributed by atoms with van der Waals surface area (Å²) in [5, 5.41) is 5.80. The molecule has 2 unspecified atom stereocenters. The van der Waals surface area contributed by atoms with Crippen molar-refractivity contribution in [3.63, 3.8) is 0 Å². The molecule has 1 aromatic heterocycles. The number of hydrogen-bond acceptors (Lipinski definition) is 10. The number of amidine groups is 1. The second-order valence-electron chi connectivity index (χ2n) is 8.82. The van der Waals surface area contributed by atoms with Gasteiger partial charge in [0.25, 0.3) is 0 Å². The molecule has 3 heterocycles. The fraction of sp³-hybridized carbons (Fsp3) is 0.440. The van der Waals surface area contributed by atoms with Crippen molar-refractivity contribution in [3.8, 4) is 0 Å². The van der Waals surface area contributed by atoms with E-state index in [1.807, 2.05) is 5.38 Å². The minimum Gasteiger partial charge on any atom is -0.460 e. The smallest absolute Gasteiger partial charge is 0.347 e. The van der Waals surface area contributed by atoms with Crippen LogP contribution in [0.2, 0.25) is 5.02 Å². The molecule has 0 spiro atoms. The molecule has 9 nitrogen and oxygen atoms in total. The van der Waals surface area contributed by atoms with Gasteiger partial charge in [-0.1, -0.05) is 17.7 Å². The molecule has 0 bridgehead atoms. The molecule has 0 aliphatic carbocycles. The number of benzene rings is 1. The Morgan fingerprint density at radius 3 is 2.68 bits per heavy atom. The summed E-state index contributed by atoms with van der Waals surface area (Å²) in [6.07, 6.45) is 0.138. The topological polar surface area (TPSA) is 102 Å². The van der Waals surface area contributed by atoms with Crippen molar-refractivity contribution in [1.29, 1.82) is 0 Å². The van der Waals surface area contributed by atoms with E-state index < -0.39 is 29.9 Å². The Hall–Kier alpha value is -2.86. The van der Waals surface area contributed by atoms with Gasteiger partial charge in [-0.3, -0.25) is 9.89 Å². The first kappa shape index (κ1) is 27.2. The van der Waals surface area contributed by atoms with E-state index in [1.54, 1.807) is 20.0 Å². The van der Waals surface area contributed by atoms with E-state index in [0.717, 1.165) is 0 Å². The number of nitrogens with zero attached hydrogens (tertiary/aromatic N) is 3. The highest BCUT2D eigenvalue weighted by atomic mass is 35.5. The lowest BCUT2D eigenvalue weighted by Gasteiger charge is -2.32. The highest BCUT2D eigenvalue weighted by Gasteiger charge is 2.36. The molecule has 1 N–H and O–H groups in total. The minimum atomic E-state index is -1.15. The maximum Gasteiger partial charge on any atom is 0.347 e. The Balaban J connectivity index is 1.77. The van der Waals surface area contributed by atoms with Crippen molar-refractivity contribution in [2.45, 2.75) is 39.0 Å². The van der Waals surface area contributed by atoms with Crippen molar-refractivity contribution in [1.82, 2.24) is 15.2 Å². The quantitative estimate of drug-likeness (QED) is 0.498. The van der Waals surface area contributed by atoms with Gasteiger partial charge in [0, 0.05) is 47.5 Å². The highest BCUT2D eigenvalue weighted by Crippen LogP contribution is 2.37. The van der Waals surface area contributed by atoms with Gasteiger partial charge in [-0.15, -0.1) is 11.3 Å². The van der Waals surface area contributed by atoms with Gasteiger partial charge in [0.1, 0.15) is 11.9 Å². The average Bonchev–Trinajstić information content (AvgIpc) is 3.39. The molecule has 1 aromatic carbocycles. The van der Waals surface area contributed by atoms with Gasteiger partial charge >= 0.3 is 11.9 Å². The molecule has 4 rings (SSSR count). The van der Waals surface area contributed by atoms with Crippen LogP contribution in [-0.4, -0.2) is 72.7 Å². The summed E-state index contributed by atoms with van der Waals surface area (Å²) in [5.41, 5.74) is 1.12. The van der Waals surface area contributed by atoms with E-state index in [2.05, 4.69) is 15.2 Å².